The molecule has 4 aromatic rings. The van der Waals surface area contributed by atoms with Crippen LogP contribution in [0.15, 0.2) is 65.2 Å². The van der Waals surface area contributed by atoms with Crippen molar-refractivity contribution in [3.63, 3.8) is 0 Å². The molecule has 2 aromatic heterocycles. The summed E-state index contributed by atoms with van der Waals surface area (Å²) in [7, 11) is 0. The highest BCUT2D eigenvalue weighted by Crippen LogP contribution is 2.20. The van der Waals surface area contributed by atoms with Gasteiger partial charge in [-0.15, -0.1) is 0 Å². The van der Waals surface area contributed by atoms with Crippen LogP contribution in [-0.2, 0) is 22.6 Å². The number of benzene rings is 2. The van der Waals surface area contributed by atoms with E-state index in [2.05, 4.69) is 41.1 Å². The molecule has 0 aliphatic rings. The van der Waals surface area contributed by atoms with Crippen molar-refractivity contribution in [3.05, 3.63) is 77.8 Å². The minimum atomic E-state index is -0.328. The van der Waals surface area contributed by atoms with Gasteiger partial charge in [0.15, 0.2) is 6.61 Å². The van der Waals surface area contributed by atoms with Crippen molar-refractivity contribution < 1.29 is 14.1 Å². The van der Waals surface area contributed by atoms with Crippen molar-refractivity contribution in [2.75, 3.05) is 0 Å². The SMILES string of the molecule is CC(C)c1ccc(-c2noc(COC(=O)CCc3ccc4ccccc4n3)n2)cc1. The van der Waals surface area contributed by atoms with E-state index in [9.17, 15) is 4.79 Å². The van der Waals surface area contributed by atoms with Gasteiger partial charge in [0.1, 0.15) is 0 Å². The van der Waals surface area contributed by atoms with Gasteiger partial charge >= 0.3 is 5.97 Å². The molecule has 0 saturated carbocycles. The van der Waals surface area contributed by atoms with Gasteiger partial charge in [-0.3, -0.25) is 9.78 Å². The number of para-hydroxylation sites is 1. The van der Waals surface area contributed by atoms with Crippen molar-refractivity contribution >= 4 is 16.9 Å². The summed E-state index contributed by atoms with van der Waals surface area (Å²) in [6.45, 7) is 4.25. The zero-order chi connectivity index (χ0) is 20.9. The molecule has 4 rings (SSSR count). The van der Waals surface area contributed by atoms with E-state index in [1.54, 1.807) is 0 Å². The van der Waals surface area contributed by atoms with Crippen LogP contribution in [0.4, 0.5) is 0 Å². The second kappa shape index (κ2) is 8.86. The maximum atomic E-state index is 12.1. The molecule has 0 fully saturated rings. The lowest BCUT2D eigenvalue weighted by Crippen LogP contribution is -2.06. The summed E-state index contributed by atoms with van der Waals surface area (Å²) < 4.78 is 10.5. The molecule has 152 valence electrons. The van der Waals surface area contributed by atoms with Gasteiger partial charge in [0.05, 0.1) is 11.9 Å². The number of hydrogen-bond acceptors (Lipinski definition) is 6. The van der Waals surface area contributed by atoms with Crippen LogP contribution >= 0.6 is 0 Å². The fraction of sp³-hybridized carbons (Fsp3) is 0.250. The first-order chi connectivity index (χ1) is 14.6. The Kier molecular flexibility index (Phi) is 5.84. The van der Waals surface area contributed by atoms with Gasteiger partial charge in [-0.05, 0) is 23.6 Å². The lowest BCUT2D eigenvalue weighted by atomic mass is 10.0. The minimum absolute atomic E-state index is 0.0406. The third-order valence-electron chi connectivity index (χ3n) is 4.90. The molecule has 2 aromatic carbocycles. The van der Waals surface area contributed by atoms with E-state index in [4.69, 9.17) is 9.26 Å². The Hall–Kier alpha value is -3.54. The van der Waals surface area contributed by atoms with Crippen LogP contribution in [0.1, 0.15) is 43.3 Å². The average molecular weight is 401 g/mol. The van der Waals surface area contributed by atoms with E-state index in [0.29, 0.717) is 18.2 Å². The number of hydrogen-bond donors (Lipinski definition) is 0. The van der Waals surface area contributed by atoms with Crippen molar-refractivity contribution in [1.29, 1.82) is 0 Å². The molecule has 30 heavy (non-hydrogen) atoms. The quantitative estimate of drug-likeness (QED) is 0.402. The van der Waals surface area contributed by atoms with Gasteiger partial charge < -0.3 is 9.26 Å². The fourth-order valence-electron chi connectivity index (χ4n) is 3.14. The van der Waals surface area contributed by atoms with E-state index < -0.39 is 0 Å². The van der Waals surface area contributed by atoms with Crippen LogP contribution in [0.2, 0.25) is 0 Å². The number of nitrogens with zero attached hydrogens (tertiary/aromatic N) is 3. The second-order valence-electron chi connectivity index (χ2n) is 7.44. The van der Waals surface area contributed by atoms with Crippen LogP contribution in [0.3, 0.4) is 0 Å². The number of rotatable bonds is 7. The molecule has 0 atom stereocenters. The van der Waals surface area contributed by atoms with Gasteiger partial charge in [0.25, 0.3) is 5.89 Å². The molecule has 0 radical (unpaired) electrons. The van der Waals surface area contributed by atoms with E-state index in [-0.39, 0.29) is 24.9 Å². The lowest BCUT2D eigenvalue weighted by molar-refractivity contribution is -0.145. The van der Waals surface area contributed by atoms with E-state index in [1.807, 2.05) is 48.5 Å². The van der Waals surface area contributed by atoms with Crippen LogP contribution in [0.5, 0.6) is 0 Å². The van der Waals surface area contributed by atoms with Gasteiger partial charge in [-0.25, -0.2) is 0 Å². The Balaban J connectivity index is 1.29. The zero-order valence-corrected chi connectivity index (χ0v) is 17.0. The molecular weight excluding hydrogens is 378 g/mol. The first-order valence-corrected chi connectivity index (χ1v) is 10.0. The van der Waals surface area contributed by atoms with E-state index >= 15 is 0 Å². The summed E-state index contributed by atoms with van der Waals surface area (Å²) in [6, 6.07) is 19.9. The predicted octanol–water partition coefficient (Wildman–Crippen LogP) is 5.08. The van der Waals surface area contributed by atoms with Gasteiger partial charge in [-0.2, -0.15) is 4.98 Å². The first-order valence-electron chi connectivity index (χ1n) is 10.0. The third-order valence-corrected chi connectivity index (χ3v) is 4.90. The number of fused-ring (bicyclic) bond motifs is 1. The number of carbonyl (C=O) groups is 1. The van der Waals surface area contributed by atoms with Crippen LogP contribution < -0.4 is 0 Å². The molecule has 6 heteroatoms. The minimum Gasteiger partial charge on any atom is -0.456 e. The maximum absolute atomic E-state index is 12.1. The largest absolute Gasteiger partial charge is 0.456 e. The lowest BCUT2D eigenvalue weighted by Gasteiger charge is -2.04. The smallest absolute Gasteiger partial charge is 0.306 e. The molecule has 0 unspecified atom stereocenters. The molecule has 0 spiro atoms. The predicted molar refractivity (Wildman–Crippen MR) is 114 cm³/mol. The summed E-state index contributed by atoms with van der Waals surface area (Å²) in [5, 5.41) is 5.05. The summed E-state index contributed by atoms with van der Waals surface area (Å²) in [6.07, 6.45) is 0.754. The van der Waals surface area contributed by atoms with Crippen molar-refractivity contribution in [3.8, 4) is 11.4 Å². The Bertz CT molecular complexity index is 1150. The standard InChI is InChI=1S/C24H23N3O3/c1-16(2)17-7-9-19(10-8-17)24-26-22(30-27-24)15-29-23(28)14-13-20-12-11-18-5-3-4-6-21(18)25-20/h3-12,16H,13-15H2,1-2H3. The summed E-state index contributed by atoms with van der Waals surface area (Å²) in [5.74, 6) is 0.891. The van der Waals surface area contributed by atoms with Crippen LogP contribution in [0, 0.1) is 0 Å². The van der Waals surface area contributed by atoms with E-state index in [1.165, 1.54) is 5.56 Å². The summed E-state index contributed by atoms with van der Waals surface area (Å²) >= 11 is 0. The number of aromatic nitrogens is 3. The molecule has 0 N–H and O–H groups in total. The number of pyridine rings is 1. The highest BCUT2D eigenvalue weighted by Gasteiger charge is 2.12. The van der Waals surface area contributed by atoms with Crippen molar-refractivity contribution in [2.24, 2.45) is 0 Å². The Morgan fingerprint density at radius 3 is 2.60 bits per heavy atom. The number of ether oxygens (including phenoxy) is 1. The fourth-order valence-corrected chi connectivity index (χ4v) is 3.14. The molecule has 0 saturated heterocycles. The van der Waals surface area contributed by atoms with Crippen LogP contribution in [0.25, 0.3) is 22.3 Å². The highest BCUT2D eigenvalue weighted by atomic mass is 16.6. The monoisotopic (exact) mass is 401 g/mol. The normalized spacial score (nSPS) is 11.2. The zero-order valence-electron chi connectivity index (χ0n) is 17.0. The summed E-state index contributed by atoms with van der Waals surface area (Å²) in [4.78, 5) is 21.0. The number of esters is 1. The molecule has 0 bridgehead atoms. The molecule has 0 amide bonds. The third kappa shape index (κ3) is 4.71. The summed E-state index contributed by atoms with van der Waals surface area (Å²) in [5.41, 5.74) is 3.89. The first kappa shape index (κ1) is 19.8. The van der Waals surface area contributed by atoms with E-state index in [0.717, 1.165) is 22.2 Å². The maximum Gasteiger partial charge on any atom is 0.306 e. The van der Waals surface area contributed by atoms with Crippen molar-refractivity contribution in [1.82, 2.24) is 15.1 Å². The average Bonchev–Trinajstić information content (AvgIpc) is 3.25. The Morgan fingerprint density at radius 1 is 1.00 bits per heavy atom. The second-order valence-corrected chi connectivity index (χ2v) is 7.44. The van der Waals surface area contributed by atoms with Gasteiger partial charge in [-0.1, -0.05) is 67.5 Å². The topological polar surface area (TPSA) is 78.1 Å². The molecule has 6 nitrogen and oxygen atoms in total. The molecular formula is C24H23N3O3. The number of carbonyl (C=O) groups excluding carboxylic acids is 1. The highest BCUT2D eigenvalue weighted by molar-refractivity contribution is 5.78. The van der Waals surface area contributed by atoms with Gasteiger partial charge in [0, 0.05) is 23.1 Å². The molecule has 0 aliphatic carbocycles. The van der Waals surface area contributed by atoms with Gasteiger partial charge in [0.2, 0.25) is 5.82 Å². The Labute approximate surface area is 174 Å². The van der Waals surface area contributed by atoms with Crippen molar-refractivity contribution in [2.45, 2.75) is 39.2 Å². The molecule has 2 heterocycles. The Morgan fingerprint density at radius 2 is 1.80 bits per heavy atom. The van der Waals surface area contributed by atoms with Crippen LogP contribution in [-0.4, -0.2) is 21.1 Å². The molecule has 0 aliphatic heterocycles. The number of aryl methyl sites for hydroxylation is 1.